The molecule has 0 spiro atoms. The Balaban J connectivity index is 1.82. The molecule has 1 saturated carbocycles. The first-order valence-corrected chi connectivity index (χ1v) is 7.99. The van der Waals surface area contributed by atoms with Crippen LogP contribution < -0.4 is 10.1 Å². The van der Waals surface area contributed by atoms with E-state index >= 15 is 0 Å². The third-order valence-corrected chi connectivity index (χ3v) is 4.49. The molecule has 1 amide bonds. The van der Waals surface area contributed by atoms with Gasteiger partial charge in [-0.3, -0.25) is 9.78 Å². The molecule has 1 atom stereocenters. The first kappa shape index (κ1) is 16.4. The van der Waals surface area contributed by atoms with Gasteiger partial charge in [-0.15, -0.1) is 0 Å². The summed E-state index contributed by atoms with van der Waals surface area (Å²) in [7, 11) is 1.56. The number of nitrogens with zero attached hydrogens (tertiary/aromatic N) is 2. The number of carbonyl (C=O) groups is 1. The first-order valence-electron chi connectivity index (χ1n) is 7.99. The van der Waals surface area contributed by atoms with E-state index in [0.29, 0.717) is 30.0 Å². The van der Waals surface area contributed by atoms with Gasteiger partial charge in [-0.2, -0.15) is 0 Å². The van der Waals surface area contributed by atoms with Gasteiger partial charge < -0.3 is 15.2 Å². The van der Waals surface area contributed by atoms with Crippen molar-refractivity contribution < 1.29 is 14.6 Å². The molecule has 24 heavy (non-hydrogen) atoms. The van der Waals surface area contributed by atoms with Gasteiger partial charge in [0, 0.05) is 24.2 Å². The van der Waals surface area contributed by atoms with Crippen LogP contribution in [0.25, 0.3) is 0 Å². The predicted molar refractivity (Wildman–Crippen MR) is 88.7 cm³/mol. The average Bonchev–Trinajstić information content (AvgIpc) is 2.57. The quantitative estimate of drug-likeness (QED) is 0.878. The smallest absolute Gasteiger partial charge is 0.253 e. The zero-order valence-electron chi connectivity index (χ0n) is 13.8. The van der Waals surface area contributed by atoms with Crippen molar-refractivity contribution in [2.24, 2.45) is 5.92 Å². The van der Waals surface area contributed by atoms with Gasteiger partial charge in [0.25, 0.3) is 5.91 Å². The van der Waals surface area contributed by atoms with E-state index in [1.54, 1.807) is 37.7 Å². The topological polar surface area (TPSA) is 84.3 Å². The van der Waals surface area contributed by atoms with Gasteiger partial charge in [0.2, 0.25) is 5.88 Å². The summed E-state index contributed by atoms with van der Waals surface area (Å²) < 4.78 is 5.09. The minimum absolute atomic E-state index is 0.164. The Morgan fingerprint density at radius 2 is 2.12 bits per heavy atom. The van der Waals surface area contributed by atoms with Crippen molar-refractivity contribution in [3.8, 4) is 5.88 Å². The number of aryl methyl sites for hydroxylation is 1. The summed E-state index contributed by atoms with van der Waals surface area (Å²) >= 11 is 0. The fourth-order valence-corrected chi connectivity index (χ4v) is 3.02. The fraction of sp³-hybridized carbons (Fsp3) is 0.389. The summed E-state index contributed by atoms with van der Waals surface area (Å²) in [6, 6.07) is 6.99. The maximum atomic E-state index is 12.6. The molecule has 0 saturated heterocycles. The second-order valence-electron chi connectivity index (χ2n) is 6.11. The molecule has 126 valence electrons. The minimum Gasteiger partial charge on any atom is -0.481 e. The highest BCUT2D eigenvalue weighted by Gasteiger charge is 2.36. The number of nitrogens with one attached hydrogen (secondary N) is 1. The van der Waals surface area contributed by atoms with Crippen LogP contribution in [0.5, 0.6) is 5.88 Å². The Kier molecular flexibility index (Phi) is 4.76. The van der Waals surface area contributed by atoms with Crippen molar-refractivity contribution in [3.63, 3.8) is 0 Å². The molecule has 1 aliphatic rings. The molecular formula is C18H21N3O3. The van der Waals surface area contributed by atoms with Gasteiger partial charge >= 0.3 is 0 Å². The van der Waals surface area contributed by atoms with Crippen molar-refractivity contribution in [1.29, 1.82) is 0 Å². The highest BCUT2D eigenvalue weighted by Crippen LogP contribution is 2.38. The lowest BCUT2D eigenvalue weighted by atomic mass is 9.75. The van der Waals surface area contributed by atoms with E-state index in [4.69, 9.17) is 4.74 Å². The van der Waals surface area contributed by atoms with E-state index in [1.807, 2.05) is 13.0 Å². The zero-order valence-corrected chi connectivity index (χ0v) is 13.8. The van der Waals surface area contributed by atoms with Gasteiger partial charge in [0.15, 0.2) is 0 Å². The molecule has 1 fully saturated rings. The Bertz CT molecular complexity index is 712. The van der Waals surface area contributed by atoms with E-state index in [1.165, 1.54) is 0 Å². The van der Waals surface area contributed by atoms with Crippen LogP contribution in [-0.2, 0) is 0 Å². The fourth-order valence-electron chi connectivity index (χ4n) is 3.02. The summed E-state index contributed by atoms with van der Waals surface area (Å²) in [5, 5.41) is 12.7. The summed E-state index contributed by atoms with van der Waals surface area (Å²) in [5.41, 5.74) is 2.15. The van der Waals surface area contributed by atoms with Gasteiger partial charge in [-0.05, 0) is 43.4 Å². The van der Waals surface area contributed by atoms with E-state index in [0.717, 1.165) is 5.56 Å². The number of rotatable bonds is 5. The first-order chi connectivity index (χ1) is 11.6. The van der Waals surface area contributed by atoms with Crippen LogP contribution in [-0.4, -0.2) is 34.2 Å². The Morgan fingerprint density at radius 3 is 2.71 bits per heavy atom. The molecule has 1 aliphatic carbocycles. The number of aliphatic hydroxyl groups excluding tert-OH is 1. The molecule has 1 unspecified atom stereocenters. The van der Waals surface area contributed by atoms with Crippen LogP contribution >= 0.6 is 0 Å². The second-order valence-corrected chi connectivity index (χ2v) is 6.11. The van der Waals surface area contributed by atoms with E-state index in [-0.39, 0.29) is 24.0 Å². The lowest BCUT2D eigenvalue weighted by Gasteiger charge is -2.38. The normalized spacial score (nSPS) is 20.8. The SMILES string of the molecule is COc1ccc(C(NC(=O)c2cccnc2C)C2CC(O)C2)cn1. The lowest BCUT2D eigenvalue weighted by Crippen LogP contribution is -2.41. The molecule has 2 aromatic heterocycles. The number of carbonyl (C=O) groups excluding carboxylic acids is 1. The molecule has 2 aromatic rings. The number of ether oxygens (including phenoxy) is 1. The van der Waals surface area contributed by atoms with Crippen LogP contribution in [0, 0.1) is 12.8 Å². The summed E-state index contributed by atoms with van der Waals surface area (Å²) in [4.78, 5) is 21.0. The van der Waals surface area contributed by atoms with Crippen LogP contribution in [0.3, 0.4) is 0 Å². The minimum atomic E-state index is -0.291. The van der Waals surface area contributed by atoms with Crippen molar-refractivity contribution in [2.45, 2.75) is 31.9 Å². The number of amides is 1. The van der Waals surface area contributed by atoms with Crippen LogP contribution in [0.2, 0.25) is 0 Å². The average molecular weight is 327 g/mol. The molecule has 0 aromatic carbocycles. The number of pyridine rings is 2. The standard InChI is InChI=1S/C18H21N3O3/c1-11-15(4-3-7-19-11)18(23)21-17(13-8-14(22)9-13)12-5-6-16(24-2)20-10-12/h3-7,10,13-14,17,22H,8-9H2,1-2H3,(H,21,23). The molecule has 0 aliphatic heterocycles. The number of aromatic nitrogens is 2. The number of methoxy groups -OCH3 is 1. The molecule has 0 bridgehead atoms. The molecule has 2 N–H and O–H groups in total. The highest BCUT2D eigenvalue weighted by atomic mass is 16.5. The lowest BCUT2D eigenvalue weighted by molar-refractivity contribution is 0.0234. The van der Waals surface area contributed by atoms with Crippen molar-refractivity contribution in [1.82, 2.24) is 15.3 Å². The van der Waals surface area contributed by atoms with Crippen molar-refractivity contribution >= 4 is 5.91 Å². The Labute approximate surface area is 140 Å². The van der Waals surface area contributed by atoms with Crippen molar-refractivity contribution in [3.05, 3.63) is 53.5 Å². The molecule has 6 nitrogen and oxygen atoms in total. The molecule has 0 radical (unpaired) electrons. The number of hydrogen-bond donors (Lipinski definition) is 2. The van der Waals surface area contributed by atoms with E-state index in [9.17, 15) is 9.90 Å². The van der Waals surface area contributed by atoms with Crippen molar-refractivity contribution in [2.75, 3.05) is 7.11 Å². The second kappa shape index (κ2) is 6.97. The molecule has 6 heteroatoms. The molecule has 2 heterocycles. The molecular weight excluding hydrogens is 306 g/mol. The van der Waals surface area contributed by atoms with Crippen LogP contribution in [0.1, 0.15) is 40.5 Å². The number of hydrogen-bond acceptors (Lipinski definition) is 5. The third-order valence-electron chi connectivity index (χ3n) is 4.49. The maximum absolute atomic E-state index is 12.6. The molecule has 3 rings (SSSR count). The summed E-state index contributed by atoms with van der Waals surface area (Å²) in [6.45, 7) is 1.81. The monoisotopic (exact) mass is 327 g/mol. The zero-order chi connectivity index (χ0) is 17.1. The Hall–Kier alpha value is -2.47. The van der Waals surface area contributed by atoms with Gasteiger partial charge in [-0.1, -0.05) is 6.07 Å². The number of aliphatic hydroxyl groups is 1. The summed E-state index contributed by atoms with van der Waals surface area (Å²) in [6.07, 6.45) is 4.43. The maximum Gasteiger partial charge on any atom is 0.253 e. The van der Waals surface area contributed by atoms with E-state index in [2.05, 4.69) is 15.3 Å². The van der Waals surface area contributed by atoms with Gasteiger partial charge in [0.05, 0.1) is 24.8 Å². The van der Waals surface area contributed by atoms with Gasteiger partial charge in [0.1, 0.15) is 0 Å². The van der Waals surface area contributed by atoms with Gasteiger partial charge in [-0.25, -0.2) is 4.98 Å². The predicted octanol–water partition coefficient (Wildman–Crippen LogP) is 2.04. The van der Waals surface area contributed by atoms with Crippen LogP contribution in [0.4, 0.5) is 0 Å². The largest absolute Gasteiger partial charge is 0.481 e. The third kappa shape index (κ3) is 3.38. The van der Waals surface area contributed by atoms with Crippen LogP contribution in [0.15, 0.2) is 36.7 Å². The summed E-state index contributed by atoms with van der Waals surface area (Å²) in [5.74, 6) is 0.555. The Morgan fingerprint density at radius 1 is 1.33 bits per heavy atom. The van der Waals surface area contributed by atoms with E-state index < -0.39 is 0 Å². The highest BCUT2D eigenvalue weighted by molar-refractivity contribution is 5.95.